The topological polar surface area (TPSA) is 15.6 Å². The van der Waals surface area contributed by atoms with Crippen LogP contribution >= 0.6 is 0 Å². The van der Waals surface area contributed by atoms with Crippen molar-refractivity contribution in [3.05, 3.63) is 24.7 Å². The van der Waals surface area contributed by atoms with E-state index in [2.05, 4.69) is 18.2 Å². The van der Waals surface area contributed by atoms with E-state index in [0.29, 0.717) is 0 Å². The zero-order valence-corrected chi connectivity index (χ0v) is 7.59. The van der Waals surface area contributed by atoms with Crippen LogP contribution < -0.4 is 0 Å². The molecule has 0 aliphatic heterocycles. The van der Waals surface area contributed by atoms with Gasteiger partial charge >= 0.3 is 0 Å². The molecule has 0 amide bonds. The molecule has 0 N–H and O–H groups in total. The van der Waals surface area contributed by atoms with Crippen molar-refractivity contribution in [2.24, 2.45) is 4.99 Å². The highest BCUT2D eigenvalue weighted by molar-refractivity contribution is 5.58. The van der Waals surface area contributed by atoms with Gasteiger partial charge in [-0.25, -0.2) is 4.99 Å². The molecule has 0 heterocycles. The Hall–Kier alpha value is -1.05. The molecule has 0 spiro atoms. The largest absolute Gasteiger partial charge is 0.335 e. The van der Waals surface area contributed by atoms with Gasteiger partial charge in [-0.05, 0) is 13.3 Å². The monoisotopic (exact) mass is 152 g/mol. The van der Waals surface area contributed by atoms with E-state index < -0.39 is 0 Å². The number of allylic oxidation sites excluding steroid dienone is 1. The van der Waals surface area contributed by atoms with E-state index in [9.17, 15) is 0 Å². The summed E-state index contributed by atoms with van der Waals surface area (Å²) < 4.78 is 0. The van der Waals surface area contributed by atoms with E-state index in [1.165, 1.54) is 0 Å². The summed E-state index contributed by atoms with van der Waals surface area (Å²) in [6.45, 7) is 11.5. The van der Waals surface area contributed by atoms with Gasteiger partial charge in [0.2, 0.25) is 0 Å². The molecule has 0 rings (SSSR count). The smallest absolute Gasteiger partial charge is 0.124 e. The van der Waals surface area contributed by atoms with Crippen LogP contribution in [0.5, 0.6) is 0 Å². The fourth-order valence-electron chi connectivity index (χ4n) is 0.504. The maximum absolute atomic E-state index is 4.11. The van der Waals surface area contributed by atoms with Gasteiger partial charge in [0.15, 0.2) is 0 Å². The molecule has 62 valence electrons. The molecule has 0 aliphatic carbocycles. The zero-order chi connectivity index (χ0) is 8.85. The van der Waals surface area contributed by atoms with Crippen molar-refractivity contribution in [3.8, 4) is 0 Å². The minimum atomic E-state index is 0.736. The van der Waals surface area contributed by atoms with E-state index in [0.717, 1.165) is 17.9 Å². The van der Waals surface area contributed by atoms with Crippen LogP contribution in [0.25, 0.3) is 0 Å². The Labute approximate surface area is 68.9 Å². The number of rotatable bonds is 4. The lowest BCUT2D eigenvalue weighted by Crippen LogP contribution is -2.12. The van der Waals surface area contributed by atoms with Gasteiger partial charge in [-0.15, -0.1) is 0 Å². The van der Waals surface area contributed by atoms with Crippen LogP contribution in [0.15, 0.2) is 29.7 Å². The second kappa shape index (κ2) is 4.72. The quantitative estimate of drug-likeness (QED) is 0.565. The van der Waals surface area contributed by atoms with Crippen LogP contribution in [0, 0.1) is 0 Å². The van der Waals surface area contributed by atoms with Crippen LogP contribution in [0.2, 0.25) is 0 Å². The van der Waals surface area contributed by atoms with Gasteiger partial charge in [0.1, 0.15) is 5.82 Å². The van der Waals surface area contributed by atoms with Crippen molar-refractivity contribution in [2.45, 2.75) is 20.3 Å². The van der Waals surface area contributed by atoms with Gasteiger partial charge in [-0.1, -0.05) is 20.1 Å². The van der Waals surface area contributed by atoms with Crippen molar-refractivity contribution in [1.29, 1.82) is 0 Å². The van der Waals surface area contributed by atoms with E-state index >= 15 is 0 Å². The Kier molecular flexibility index (Phi) is 4.27. The predicted octanol–water partition coefficient (Wildman–Crippen LogP) is 2.40. The second-order valence-electron chi connectivity index (χ2n) is 2.43. The summed E-state index contributed by atoms with van der Waals surface area (Å²) >= 11 is 0. The first-order chi connectivity index (χ1) is 5.09. The van der Waals surface area contributed by atoms with Crippen molar-refractivity contribution in [3.63, 3.8) is 0 Å². The van der Waals surface area contributed by atoms with Gasteiger partial charge in [-0.2, -0.15) is 0 Å². The molecule has 0 saturated heterocycles. The average molecular weight is 152 g/mol. The van der Waals surface area contributed by atoms with Crippen LogP contribution in [-0.4, -0.2) is 18.2 Å². The van der Waals surface area contributed by atoms with Crippen LogP contribution in [-0.2, 0) is 0 Å². The van der Waals surface area contributed by atoms with Crippen LogP contribution in [0.1, 0.15) is 20.3 Å². The number of hydrogen-bond acceptors (Lipinski definition) is 2. The number of hydrogen-bond donors (Lipinski definition) is 0. The summed E-state index contributed by atoms with van der Waals surface area (Å²) in [5.74, 6) is 0.736. The van der Waals surface area contributed by atoms with Crippen LogP contribution in [0.3, 0.4) is 0 Å². The molecule has 0 bridgehead atoms. The van der Waals surface area contributed by atoms with E-state index in [-0.39, 0.29) is 0 Å². The van der Waals surface area contributed by atoms with Gasteiger partial charge in [0.25, 0.3) is 0 Å². The highest BCUT2D eigenvalue weighted by Crippen LogP contribution is 2.05. The normalized spacial score (nSPS) is 10.1. The maximum Gasteiger partial charge on any atom is 0.124 e. The molecule has 0 radical (unpaired) electrons. The van der Waals surface area contributed by atoms with E-state index in [1.807, 2.05) is 32.0 Å². The Balaban J connectivity index is 4.03. The Morgan fingerprint density at radius 1 is 1.55 bits per heavy atom. The van der Waals surface area contributed by atoms with Gasteiger partial charge in [0.05, 0.1) is 0 Å². The molecule has 0 aromatic rings. The first-order valence-corrected chi connectivity index (χ1v) is 3.70. The minimum absolute atomic E-state index is 0.736. The predicted molar refractivity (Wildman–Crippen MR) is 50.5 cm³/mol. The SMILES string of the molecule is C=C(C)N(C)C(=C)/N=C\CC. The third kappa shape index (κ3) is 3.61. The van der Waals surface area contributed by atoms with Crippen molar-refractivity contribution in [1.82, 2.24) is 4.90 Å². The standard InChI is InChI=1S/C9H16N2/c1-6-7-10-9(4)11(5)8(2)3/h7H,2,4,6H2,1,3,5H3/b10-7-. The lowest BCUT2D eigenvalue weighted by molar-refractivity contribution is 0.520. The fraction of sp³-hybridized carbons (Fsp3) is 0.444. The second-order valence-corrected chi connectivity index (χ2v) is 2.43. The molecule has 0 atom stereocenters. The summed E-state index contributed by atoms with van der Waals surface area (Å²) in [4.78, 5) is 5.96. The van der Waals surface area contributed by atoms with Gasteiger partial charge < -0.3 is 4.90 Å². The van der Waals surface area contributed by atoms with Crippen molar-refractivity contribution in [2.75, 3.05) is 7.05 Å². The summed E-state index contributed by atoms with van der Waals surface area (Å²) in [7, 11) is 1.90. The molecule has 0 fully saturated rings. The molecule has 2 heteroatoms. The molecule has 0 aliphatic rings. The zero-order valence-electron chi connectivity index (χ0n) is 7.59. The first kappa shape index (κ1) is 9.95. The molecular weight excluding hydrogens is 136 g/mol. The summed E-state index contributed by atoms with van der Waals surface area (Å²) in [6, 6.07) is 0. The summed E-state index contributed by atoms with van der Waals surface area (Å²) in [5, 5.41) is 0. The molecule has 2 nitrogen and oxygen atoms in total. The number of nitrogens with zero attached hydrogens (tertiary/aromatic N) is 2. The summed E-state index contributed by atoms with van der Waals surface area (Å²) in [6.07, 6.45) is 2.77. The highest BCUT2D eigenvalue weighted by atomic mass is 15.2. The molecule has 0 aromatic heterocycles. The lowest BCUT2D eigenvalue weighted by atomic mass is 10.5. The molecule has 0 unspecified atom stereocenters. The van der Waals surface area contributed by atoms with E-state index in [4.69, 9.17) is 0 Å². The fourth-order valence-corrected chi connectivity index (χ4v) is 0.504. The van der Waals surface area contributed by atoms with Crippen LogP contribution in [0.4, 0.5) is 0 Å². The first-order valence-electron chi connectivity index (χ1n) is 3.70. The van der Waals surface area contributed by atoms with E-state index in [1.54, 1.807) is 0 Å². The third-order valence-corrected chi connectivity index (χ3v) is 1.38. The van der Waals surface area contributed by atoms with Gasteiger partial charge in [0, 0.05) is 19.0 Å². The lowest BCUT2D eigenvalue weighted by Gasteiger charge is -2.17. The van der Waals surface area contributed by atoms with Crippen molar-refractivity contribution >= 4 is 6.21 Å². The molecule has 0 aromatic carbocycles. The average Bonchev–Trinajstić information content (AvgIpc) is 1.98. The Bertz CT molecular complexity index is 180. The third-order valence-electron chi connectivity index (χ3n) is 1.38. The molecule has 11 heavy (non-hydrogen) atoms. The summed E-state index contributed by atoms with van der Waals surface area (Å²) in [5.41, 5.74) is 0.947. The molecular formula is C9H16N2. The maximum atomic E-state index is 4.11. The van der Waals surface area contributed by atoms with Crippen molar-refractivity contribution < 1.29 is 0 Å². The highest BCUT2D eigenvalue weighted by Gasteiger charge is 1.97. The Morgan fingerprint density at radius 3 is 2.45 bits per heavy atom. The Morgan fingerprint density at radius 2 is 2.09 bits per heavy atom. The minimum Gasteiger partial charge on any atom is -0.335 e. The molecule has 0 saturated carbocycles. The van der Waals surface area contributed by atoms with Gasteiger partial charge in [-0.3, -0.25) is 0 Å². The number of aliphatic imine (C=N–C) groups is 1.